The minimum Gasteiger partial charge on any atom is -0.486 e. The summed E-state index contributed by atoms with van der Waals surface area (Å²) >= 11 is 0. The van der Waals surface area contributed by atoms with Crippen LogP contribution in [-0.2, 0) is 4.74 Å². The maximum absolute atomic E-state index is 11.9. The van der Waals surface area contributed by atoms with Gasteiger partial charge in [0.2, 0.25) is 0 Å². The van der Waals surface area contributed by atoms with Gasteiger partial charge in [-0.2, -0.15) is 5.26 Å². The lowest BCUT2D eigenvalue weighted by atomic mass is 10.1. The Morgan fingerprint density at radius 2 is 2.05 bits per heavy atom. The minimum atomic E-state index is -1.00. The maximum atomic E-state index is 11.9. The first-order valence-corrected chi connectivity index (χ1v) is 5.71. The Hall–Kier alpha value is -2.82. The SMILES string of the molecule is C[C@H](C#N)OC(=O)c1cc2c(cc1[N+](=O)[O-])OCCO2. The van der Waals surface area contributed by atoms with Gasteiger partial charge < -0.3 is 14.2 Å². The van der Waals surface area contributed by atoms with Crippen molar-refractivity contribution in [2.45, 2.75) is 13.0 Å². The number of rotatable bonds is 3. The highest BCUT2D eigenvalue weighted by Crippen LogP contribution is 2.36. The highest BCUT2D eigenvalue weighted by molar-refractivity contribution is 5.95. The number of nitrogens with zero attached hydrogens (tertiary/aromatic N) is 2. The van der Waals surface area contributed by atoms with Crippen molar-refractivity contribution in [3.8, 4) is 17.6 Å². The first-order chi connectivity index (χ1) is 9.52. The highest BCUT2D eigenvalue weighted by atomic mass is 16.6. The molecule has 1 aliphatic heterocycles. The molecule has 0 amide bonds. The van der Waals surface area contributed by atoms with Crippen LogP contribution in [0.3, 0.4) is 0 Å². The molecule has 8 nitrogen and oxygen atoms in total. The van der Waals surface area contributed by atoms with Crippen LogP contribution < -0.4 is 9.47 Å². The van der Waals surface area contributed by atoms with Gasteiger partial charge in [-0.1, -0.05) is 0 Å². The first kappa shape index (κ1) is 13.6. The normalized spacial score (nSPS) is 14.0. The third-order valence-electron chi connectivity index (χ3n) is 2.54. The second kappa shape index (κ2) is 5.44. The molecule has 0 N–H and O–H groups in total. The fourth-order valence-electron chi connectivity index (χ4n) is 1.64. The van der Waals surface area contributed by atoms with Crippen LogP contribution in [0, 0.1) is 21.4 Å². The molecule has 1 atom stereocenters. The van der Waals surface area contributed by atoms with Crippen molar-refractivity contribution >= 4 is 11.7 Å². The lowest BCUT2D eigenvalue weighted by Gasteiger charge is -2.18. The average molecular weight is 278 g/mol. The highest BCUT2D eigenvalue weighted by Gasteiger charge is 2.28. The quantitative estimate of drug-likeness (QED) is 0.467. The zero-order chi connectivity index (χ0) is 14.7. The minimum absolute atomic E-state index is 0.202. The van der Waals surface area contributed by atoms with Gasteiger partial charge in [0.1, 0.15) is 24.8 Å². The van der Waals surface area contributed by atoms with E-state index in [1.54, 1.807) is 6.07 Å². The predicted molar refractivity (Wildman–Crippen MR) is 64.6 cm³/mol. The molecule has 0 aromatic heterocycles. The van der Waals surface area contributed by atoms with E-state index in [1.165, 1.54) is 13.0 Å². The number of nitriles is 1. The lowest BCUT2D eigenvalue weighted by Crippen LogP contribution is -2.18. The number of hydrogen-bond acceptors (Lipinski definition) is 7. The monoisotopic (exact) mass is 278 g/mol. The molecule has 2 rings (SSSR count). The zero-order valence-corrected chi connectivity index (χ0v) is 10.5. The van der Waals surface area contributed by atoms with Crippen molar-refractivity contribution in [2.24, 2.45) is 0 Å². The summed E-state index contributed by atoms with van der Waals surface area (Å²) in [7, 11) is 0. The number of carbonyl (C=O) groups excluding carboxylic acids is 1. The van der Waals surface area contributed by atoms with E-state index < -0.39 is 22.7 Å². The van der Waals surface area contributed by atoms with Crippen LogP contribution in [0.4, 0.5) is 5.69 Å². The molecule has 1 aliphatic rings. The standard InChI is InChI=1S/C12H10N2O6/c1-7(6-13)20-12(15)8-4-10-11(19-3-2-18-10)5-9(8)14(16)17/h4-5,7H,2-3H2,1H3/t7-/m1/s1. The fourth-order valence-corrected chi connectivity index (χ4v) is 1.64. The Morgan fingerprint density at radius 1 is 1.45 bits per heavy atom. The Bertz CT molecular complexity index is 607. The van der Waals surface area contributed by atoms with E-state index in [2.05, 4.69) is 0 Å². The van der Waals surface area contributed by atoms with Gasteiger partial charge >= 0.3 is 5.97 Å². The van der Waals surface area contributed by atoms with E-state index in [-0.39, 0.29) is 30.3 Å². The topological polar surface area (TPSA) is 112 Å². The van der Waals surface area contributed by atoms with Crippen molar-refractivity contribution in [2.75, 3.05) is 13.2 Å². The Balaban J connectivity index is 2.42. The Kier molecular flexibility index (Phi) is 3.70. The number of esters is 1. The van der Waals surface area contributed by atoms with Crippen LogP contribution in [-0.4, -0.2) is 30.2 Å². The van der Waals surface area contributed by atoms with E-state index >= 15 is 0 Å². The Labute approximate surface area is 113 Å². The van der Waals surface area contributed by atoms with E-state index in [4.69, 9.17) is 19.5 Å². The molecule has 20 heavy (non-hydrogen) atoms. The van der Waals surface area contributed by atoms with Crippen LogP contribution in [0.2, 0.25) is 0 Å². The van der Waals surface area contributed by atoms with Crippen molar-refractivity contribution in [3.63, 3.8) is 0 Å². The average Bonchev–Trinajstić information content (AvgIpc) is 2.45. The van der Waals surface area contributed by atoms with Crippen LogP contribution in [0.5, 0.6) is 11.5 Å². The molecule has 0 saturated carbocycles. The maximum Gasteiger partial charge on any atom is 0.346 e. The molecule has 0 unspecified atom stereocenters. The van der Waals surface area contributed by atoms with Gasteiger partial charge in [0.05, 0.1) is 11.0 Å². The molecule has 0 bridgehead atoms. The summed E-state index contributed by atoms with van der Waals surface area (Å²) in [6.45, 7) is 1.93. The van der Waals surface area contributed by atoms with Crippen LogP contribution >= 0.6 is 0 Å². The molecule has 0 fully saturated rings. The molecule has 0 spiro atoms. The van der Waals surface area contributed by atoms with E-state index in [0.717, 1.165) is 6.07 Å². The van der Waals surface area contributed by atoms with Gasteiger partial charge in [-0.15, -0.1) is 0 Å². The van der Waals surface area contributed by atoms with Crippen LogP contribution in [0.1, 0.15) is 17.3 Å². The van der Waals surface area contributed by atoms with Crippen molar-refractivity contribution in [3.05, 3.63) is 27.8 Å². The lowest BCUT2D eigenvalue weighted by molar-refractivity contribution is -0.385. The molecule has 0 radical (unpaired) electrons. The molecular weight excluding hydrogens is 268 g/mol. The van der Waals surface area contributed by atoms with Crippen molar-refractivity contribution in [1.82, 2.24) is 0 Å². The second-order valence-corrected chi connectivity index (χ2v) is 3.95. The summed E-state index contributed by atoms with van der Waals surface area (Å²) in [5.41, 5.74) is -0.731. The molecule has 104 valence electrons. The van der Waals surface area contributed by atoms with Crippen LogP contribution in [0.15, 0.2) is 12.1 Å². The van der Waals surface area contributed by atoms with Crippen molar-refractivity contribution < 1.29 is 23.9 Å². The number of nitro groups is 1. The molecular formula is C12H10N2O6. The Morgan fingerprint density at radius 3 is 2.60 bits per heavy atom. The molecule has 1 heterocycles. The number of fused-ring (bicyclic) bond motifs is 1. The first-order valence-electron chi connectivity index (χ1n) is 5.71. The van der Waals surface area contributed by atoms with Gasteiger partial charge in [0.25, 0.3) is 5.69 Å². The molecule has 0 aliphatic carbocycles. The third kappa shape index (κ3) is 2.61. The summed E-state index contributed by atoms with van der Waals surface area (Å²) in [5, 5.41) is 19.6. The zero-order valence-electron chi connectivity index (χ0n) is 10.5. The summed E-state index contributed by atoms with van der Waals surface area (Å²) in [6.07, 6.45) is -1.00. The molecule has 0 saturated heterocycles. The summed E-state index contributed by atoms with van der Waals surface area (Å²) in [6, 6.07) is 4.01. The molecule has 1 aromatic rings. The smallest absolute Gasteiger partial charge is 0.346 e. The van der Waals surface area contributed by atoms with Gasteiger partial charge in [-0.25, -0.2) is 4.79 Å². The number of ether oxygens (including phenoxy) is 3. The van der Waals surface area contributed by atoms with Gasteiger partial charge in [-0.05, 0) is 6.92 Å². The van der Waals surface area contributed by atoms with Crippen LogP contribution in [0.25, 0.3) is 0 Å². The largest absolute Gasteiger partial charge is 0.486 e. The number of carbonyl (C=O) groups is 1. The van der Waals surface area contributed by atoms with Gasteiger partial charge in [-0.3, -0.25) is 10.1 Å². The summed E-state index contributed by atoms with van der Waals surface area (Å²) < 4.78 is 15.2. The fraction of sp³-hybridized carbons (Fsp3) is 0.333. The van der Waals surface area contributed by atoms with E-state index in [1.807, 2.05) is 0 Å². The number of benzene rings is 1. The third-order valence-corrected chi connectivity index (χ3v) is 2.54. The predicted octanol–water partition coefficient (Wildman–Crippen LogP) is 1.43. The van der Waals surface area contributed by atoms with Gasteiger partial charge in [0.15, 0.2) is 17.6 Å². The van der Waals surface area contributed by atoms with Gasteiger partial charge in [0, 0.05) is 6.07 Å². The molecule has 8 heteroatoms. The summed E-state index contributed by atoms with van der Waals surface area (Å²) in [5.74, 6) is -0.519. The number of hydrogen-bond donors (Lipinski definition) is 0. The molecule has 1 aromatic carbocycles. The number of nitro benzene ring substituents is 1. The summed E-state index contributed by atoms with van der Waals surface area (Å²) in [4.78, 5) is 22.1. The van der Waals surface area contributed by atoms with E-state index in [0.29, 0.717) is 0 Å². The van der Waals surface area contributed by atoms with E-state index in [9.17, 15) is 14.9 Å². The second-order valence-electron chi connectivity index (χ2n) is 3.95. The van der Waals surface area contributed by atoms with Crippen molar-refractivity contribution in [1.29, 1.82) is 5.26 Å².